The van der Waals surface area contributed by atoms with Crippen LogP contribution in [0.3, 0.4) is 0 Å². The summed E-state index contributed by atoms with van der Waals surface area (Å²) in [5.74, 6) is 0.0286. The van der Waals surface area contributed by atoms with Crippen molar-refractivity contribution in [3.8, 4) is 0 Å². The van der Waals surface area contributed by atoms with Gasteiger partial charge in [0.05, 0.1) is 5.41 Å². The van der Waals surface area contributed by atoms with E-state index in [-0.39, 0.29) is 5.91 Å². The third kappa shape index (κ3) is 4.45. The van der Waals surface area contributed by atoms with Gasteiger partial charge in [0, 0.05) is 37.7 Å². The van der Waals surface area contributed by atoms with E-state index in [2.05, 4.69) is 15.5 Å². The lowest BCUT2D eigenvalue weighted by molar-refractivity contribution is -0.125. The van der Waals surface area contributed by atoms with Gasteiger partial charge in [0.2, 0.25) is 5.91 Å². The number of rotatable bonds is 6. The van der Waals surface area contributed by atoms with Crippen LogP contribution in [0.15, 0.2) is 24.3 Å². The van der Waals surface area contributed by atoms with E-state index in [4.69, 9.17) is 11.6 Å². The number of carbonyl (C=O) groups excluding carboxylic acids is 1. The molecule has 0 atom stereocenters. The number of hydrogen-bond acceptors (Lipinski definition) is 3. The largest absolute Gasteiger partial charge is 0.355 e. The van der Waals surface area contributed by atoms with Crippen molar-refractivity contribution < 1.29 is 4.79 Å². The normalized spacial score (nSPS) is 16.5. The van der Waals surface area contributed by atoms with E-state index in [1.165, 1.54) is 0 Å². The summed E-state index contributed by atoms with van der Waals surface area (Å²) in [7, 11) is 0. The minimum atomic E-state index is -0.618. The van der Waals surface area contributed by atoms with E-state index in [1.807, 2.05) is 38.1 Å². The number of halogens is 1. The van der Waals surface area contributed by atoms with Crippen molar-refractivity contribution in [2.45, 2.75) is 25.7 Å². The van der Waals surface area contributed by atoms with Gasteiger partial charge >= 0.3 is 0 Å². The minimum absolute atomic E-state index is 0.0286. The molecular weight excluding hydrogens is 298 g/mol. The average molecular weight is 324 g/mol. The van der Waals surface area contributed by atoms with Crippen molar-refractivity contribution in [3.63, 3.8) is 0 Å². The Morgan fingerprint density at radius 3 is 2.68 bits per heavy atom. The highest BCUT2D eigenvalue weighted by atomic mass is 35.5. The van der Waals surface area contributed by atoms with E-state index in [1.54, 1.807) is 0 Å². The highest BCUT2D eigenvalue weighted by molar-refractivity contribution is 6.31. The van der Waals surface area contributed by atoms with Crippen molar-refractivity contribution in [2.75, 3.05) is 39.3 Å². The Morgan fingerprint density at radius 1 is 1.32 bits per heavy atom. The van der Waals surface area contributed by atoms with Gasteiger partial charge in [-0.05, 0) is 38.4 Å². The van der Waals surface area contributed by atoms with Crippen molar-refractivity contribution >= 4 is 17.5 Å². The second-order valence-electron chi connectivity index (χ2n) is 6.31. The Labute approximate surface area is 138 Å². The molecule has 2 N–H and O–H groups in total. The number of piperazine rings is 1. The van der Waals surface area contributed by atoms with Gasteiger partial charge < -0.3 is 15.5 Å². The van der Waals surface area contributed by atoms with E-state index in [0.29, 0.717) is 11.6 Å². The van der Waals surface area contributed by atoms with Crippen LogP contribution in [-0.4, -0.2) is 50.1 Å². The van der Waals surface area contributed by atoms with Crippen LogP contribution < -0.4 is 10.6 Å². The Morgan fingerprint density at radius 2 is 2.00 bits per heavy atom. The monoisotopic (exact) mass is 323 g/mol. The summed E-state index contributed by atoms with van der Waals surface area (Å²) < 4.78 is 0. The lowest BCUT2D eigenvalue weighted by Crippen LogP contribution is -2.45. The average Bonchev–Trinajstić information content (AvgIpc) is 2.52. The standard InChI is InChI=1S/C17H26ClN3O/c1-17(2,14-6-3-4-7-15(14)18)16(22)20-8-5-11-21-12-9-19-10-13-21/h3-4,6-7,19H,5,8-13H2,1-2H3,(H,20,22). The molecule has 2 rings (SSSR count). The van der Waals surface area contributed by atoms with Crippen LogP contribution in [-0.2, 0) is 10.2 Å². The SMILES string of the molecule is CC(C)(C(=O)NCCCN1CCNCC1)c1ccccc1Cl. The van der Waals surface area contributed by atoms with Crippen LogP contribution in [0.2, 0.25) is 5.02 Å². The molecule has 1 fully saturated rings. The number of hydrogen-bond donors (Lipinski definition) is 2. The van der Waals surface area contributed by atoms with Gasteiger partial charge in [0.1, 0.15) is 0 Å². The maximum absolute atomic E-state index is 12.5. The Balaban J connectivity index is 1.79. The molecule has 1 heterocycles. The molecule has 0 spiro atoms. The number of carbonyl (C=O) groups is 1. The molecule has 0 bridgehead atoms. The Bertz CT molecular complexity index is 498. The van der Waals surface area contributed by atoms with Crippen LogP contribution in [0.25, 0.3) is 0 Å². The number of nitrogens with zero attached hydrogens (tertiary/aromatic N) is 1. The fraction of sp³-hybridized carbons (Fsp3) is 0.588. The quantitative estimate of drug-likeness (QED) is 0.787. The second kappa shape index (κ2) is 7.95. The smallest absolute Gasteiger partial charge is 0.230 e. The van der Waals surface area contributed by atoms with Gasteiger partial charge in [-0.3, -0.25) is 4.79 Å². The Kier molecular flexibility index (Phi) is 6.24. The molecule has 1 aromatic rings. The molecule has 4 nitrogen and oxygen atoms in total. The maximum atomic E-state index is 12.5. The fourth-order valence-electron chi connectivity index (χ4n) is 2.75. The molecule has 1 saturated heterocycles. The lowest BCUT2D eigenvalue weighted by Gasteiger charge is -2.28. The molecule has 22 heavy (non-hydrogen) atoms. The molecular formula is C17H26ClN3O. The Hall–Kier alpha value is -1.10. The van der Waals surface area contributed by atoms with Crippen molar-refractivity contribution in [3.05, 3.63) is 34.9 Å². The molecule has 5 heteroatoms. The first-order valence-electron chi connectivity index (χ1n) is 7.98. The van der Waals surface area contributed by atoms with Gasteiger partial charge in [-0.1, -0.05) is 29.8 Å². The van der Waals surface area contributed by atoms with Gasteiger partial charge in [-0.2, -0.15) is 0 Å². The topological polar surface area (TPSA) is 44.4 Å². The summed E-state index contributed by atoms with van der Waals surface area (Å²) in [5, 5.41) is 7.03. The zero-order valence-corrected chi connectivity index (χ0v) is 14.2. The molecule has 0 saturated carbocycles. The minimum Gasteiger partial charge on any atom is -0.355 e. The first kappa shape index (κ1) is 17.3. The van der Waals surface area contributed by atoms with Crippen molar-refractivity contribution in [1.82, 2.24) is 15.5 Å². The van der Waals surface area contributed by atoms with Gasteiger partial charge in [0.15, 0.2) is 0 Å². The van der Waals surface area contributed by atoms with Gasteiger partial charge in [0.25, 0.3) is 0 Å². The van der Waals surface area contributed by atoms with Gasteiger partial charge in [-0.15, -0.1) is 0 Å². The molecule has 0 aliphatic carbocycles. The third-order valence-corrected chi connectivity index (χ3v) is 4.59. The number of amides is 1. The summed E-state index contributed by atoms with van der Waals surface area (Å²) in [6.45, 7) is 9.89. The van der Waals surface area contributed by atoms with Crippen LogP contribution >= 0.6 is 11.6 Å². The summed E-state index contributed by atoms with van der Waals surface area (Å²) in [6, 6.07) is 7.55. The van der Waals surface area contributed by atoms with E-state index in [0.717, 1.165) is 44.7 Å². The highest BCUT2D eigenvalue weighted by Gasteiger charge is 2.31. The van der Waals surface area contributed by atoms with Gasteiger partial charge in [-0.25, -0.2) is 0 Å². The summed E-state index contributed by atoms with van der Waals surface area (Å²) in [6.07, 6.45) is 0.977. The number of benzene rings is 1. The van der Waals surface area contributed by atoms with Crippen LogP contribution in [0.5, 0.6) is 0 Å². The third-order valence-electron chi connectivity index (χ3n) is 4.26. The van der Waals surface area contributed by atoms with E-state index >= 15 is 0 Å². The zero-order chi connectivity index (χ0) is 16.0. The van der Waals surface area contributed by atoms with Crippen molar-refractivity contribution in [1.29, 1.82) is 0 Å². The van der Waals surface area contributed by atoms with E-state index in [9.17, 15) is 4.79 Å². The second-order valence-corrected chi connectivity index (χ2v) is 6.71. The lowest BCUT2D eigenvalue weighted by atomic mass is 9.83. The predicted octanol–water partition coefficient (Wildman–Crippen LogP) is 2.03. The maximum Gasteiger partial charge on any atom is 0.230 e. The predicted molar refractivity (Wildman–Crippen MR) is 91.4 cm³/mol. The summed E-state index contributed by atoms with van der Waals surface area (Å²) in [4.78, 5) is 14.9. The molecule has 1 aliphatic heterocycles. The van der Waals surface area contributed by atoms with Crippen LogP contribution in [0, 0.1) is 0 Å². The first-order chi connectivity index (χ1) is 10.5. The van der Waals surface area contributed by atoms with E-state index < -0.39 is 5.41 Å². The summed E-state index contributed by atoms with van der Waals surface area (Å²) >= 11 is 6.22. The summed E-state index contributed by atoms with van der Waals surface area (Å²) in [5.41, 5.74) is 0.254. The molecule has 1 aromatic carbocycles. The number of nitrogens with one attached hydrogen (secondary N) is 2. The molecule has 122 valence electrons. The van der Waals surface area contributed by atoms with Crippen LogP contribution in [0.4, 0.5) is 0 Å². The molecule has 0 aromatic heterocycles. The molecule has 0 unspecified atom stereocenters. The van der Waals surface area contributed by atoms with Crippen molar-refractivity contribution in [2.24, 2.45) is 0 Å². The zero-order valence-electron chi connectivity index (χ0n) is 13.5. The van der Waals surface area contributed by atoms with Crippen LogP contribution in [0.1, 0.15) is 25.8 Å². The first-order valence-corrected chi connectivity index (χ1v) is 8.36. The highest BCUT2D eigenvalue weighted by Crippen LogP contribution is 2.29. The molecule has 1 aliphatic rings. The fourth-order valence-corrected chi connectivity index (χ4v) is 3.12. The molecule has 1 amide bonds. The molecule has 0 radical (unpaired) electrons.